The molecule has 0 aliphatic carbocycles. The fourth-order valence-corrected chi connectivity index (χ4v) is 2.93. The molecule has 1 saturated heterocycles. The minimum Gasteiger partial charge on any atom is -0.381 e. The van der Waals surface area contributed by atoms with Crippen LogP contribution in [0.5, 0.6) is 0 Å². The maximum Gasteiger partial charge on any atom is 0.0846 e. The molecule has 0 amide bonds. The largest absolute Gasteiger partial charge is 0.381 e. The van der Waals surface area contributed by atoms with Gasteiger partial charge in [0, 0.05) is 50.6 Å². The summed E-state index contributed by atoms with van der Waals surface area (Å²) in [6.45, 7) is 4.71. The summed E-state index contributed by atoms with van der Waals surface area (Å²) in [5.41, 5.74) is -0.0379. The highest BCUT2D eigenvalue weighted by Crippen LogP contribution is 2.25. The predicted molar refractivity (Wildman–Crippen MR) is 70.5 cm³/mol. The van der Waals surface area contributed by atoms with E-state index in [0.29, 0.717) is 6.04 Å². The van der Waals surface area contributed by atoms with Gasteiger partial charge in [-0.3, -0.25) is 0 Å². The first kappa shape index (κ1) is 13.0. The van der Waals surface area contributed by atoms with Gasteiger partial charge in [-0.25, -0.2) is 0 Å². The molecule has 1 atom stereocenters. The smallest absolute Gasteiger partial charge is 0.0846 e. The van der Waals surface area contributed by atoms with E-state index in [9.17, 15) is 0 Å². The van der Waals surface area contributed by atoms with Crippen LogP contribution in [0, 0.1) is 0 Å². The third-order valence-electron chi connectivity index (χ3n) is 3.54. The second-order valence-corrected chi connectivity index (χ2v) is 5.60. The highest BCUT2D eigenvalue weighted by molar-refractivity contribution is 7.10. The summed E-state index contributed by atoms with van der Waals surface area (Å²) in [5.74, 6) is 0. The minimum atomic E-state index is -0.0379. The Kier molecular flexibility index (Phi) is 4.56. The highest BCUT2D eigenvalue weighted by Gasteiger charge is 2.32. The van der Waals surface area contributed by atoms with Crippen LogP contribution in [0.1, 0.15) is 30.7 Å². The van der Waals surface area contributed by atoms with Crippen molar-refractivity contribution in [1.29, 1.82) is 0 Å². The first-order valence-corrected chi connectivity index (χ1v) is 7.03. The van der Waals surface area contributed by atoms with Crippen LogP contribution in [0.2, 0.25) is 0 Å². The lowest BCUT2D eigenvalue weighted by atomic mass is 9.93. The quantitative estimate of drug-likeness (QED) is 0.877. The van der Waals surface area contributed by atoms with Gasteiger partial charge in [0.2, 0.25) is 0 Å². The van der Waals surface area contributed by atoms with Crippen LogP contribution in [0.4, 0.5) is 0 Å². The molecule has 0 spiro atoms. The van der Waals surface area contributed by atoms with Gasteiger partial charge >= 0.3 is 0 Å². The van der Waals surface area contributed by atoms with Crippen molar-refractivity contribution in [2.45, 2.75) is 31.4 Å². The highest BCUT2D eigenvalue weighted by atomic mass is 32.1. The normalized spacial score (nSPS) is 21.3. The Labute approximate surface area is 107 Å². The second-order valence-electron chi connectivity index (χ2n) is 4.62. The van der Waals surface area contributed by atoms with Crippen molar-refractivity contribution in [3.8, 4) is 0 Å². The van der Waals surface area contributed by atoms with E-state index in [1.54, 1.807) is 11.3 Å². The van der Waals surface area contributed by atoms with Crippen LogP contribution in [0.25, 0.3) is 0 Å². The number of hydrogen-bond acceptors (Lipinski definition) is 4. The summed E-state index contributed by atoms with van der Waals surface area (Å²) in [6, 6.07) is 4.66. The lowest BCUT2D eigenvalue weighted by molar-refractivity contribution is -0.0884. The van der Waals surface area contributed by atoms with Crippen molar-refractivity contribution in [3.63, 3.8) is 0 Å². The Morgan fingerprint density at radius 1 is 1.53 bits per heavy atom. The first-order chi connectivity index (χ1) is 8.26. The molecule has 2 rings (SSSR count). The molecule has 0 aromatic carbocycles. The molecule has 1 aromatic rings. The average molecular weight is 255 g/mol. The van der Waals surface area contributed by atoms with Crippen molar-refractivity contribution >= 4 is 11.3 Å². The Balaban J connectivity index is 1.87. The molecule has 1 aromatic heterocycles. The molecule has 3 nitrogen and oxygen atoms in total. The molecule has 0 bridgehead atoms. The topological polar surface area (TPSA) is 30.5 Å². The van der Waals surface area contributed by atoms with Crippen molar-refractivity contribution in [1.82, 2.24) is 5.32 Å². The molecular weight excluding hydrogens is 234 g/mol. The van der Waals surface area contributed by atoms with Gasteiger partial charge in [0.05, 0.1) is 5.60 Å². The average Bonchev–Trinajstić information content (AvgIpc) is 2.91. The van der Waals surface area contributed by atoms with Gasteiger partial charge in [-0.05, 0) is 18.4 Å². The molecule has 0 unspecified atom stereocenters. The van der Waals surface area contributed by atoms with Gasteiger partial charge in [0.15, 0.2) is 0 Å². The van der Waals surface area contributed by atoms with E-state index >= 15 is 0 Å². The maximum absolute atomic E-state index is 5.71. The zero-order valence-corrected chi connectivity index (χ0v) is 11.4. The zero-order chi connectivity index (χ0) is 12.1. The molecule has 1 aliphatic heterocycles. The zero-order valence-electron chi connectivity index (χ0n) is 10.6. The van der Waals surface area contributed by atoms with Crippen molar-refractivity contribution in [2.75, 3.05) is 26.9 Å². The molecule has 1 aliphatic rings. The van der Waals surface area contributed by atoms with Gasteiger partial charge in [-0.15, -0.1) is 11.3 Å². The molecular formula is C13H21NO2S. The van der Waals surface area contributed by atoms with Crippen LogP contribution in [-0.2, 0) is 9.47 Å². The third-order valence-corrected chi connectivity index (χ3v) is 4.59. The minimum absolute atomic E-state index is 0.0379. The summed E-state index contributed by atoms with van der Waals surface area (Å²) in [6.07, 6.45) is 1.96. The van der Waals surface area contributed by atoms with Gasteiger partial charge in [0.1, 0.15) is 0 Å². The third kappa shape index (κ3) is 3.28. The Bertz CT molecular complexity index is 320. The first-order valence-electron chi connectivity index (χ1n) is 6.15. The Morgan fingerprint density at radius 2 is 2.29 bits per heavy atom. The SMILES string of the molecule is COC1(CN[C@@H](C)c2cccs2)CCOCC1. The van der Waals surface area contributed by atoms with Crippen molar-refractivity contribution < 1.29 is 9.47 Å². The van der Waals surface area contributed by atoms with E-state index in [4.69, 9.17) is 9.47 Å². The number of thiophene rings is 1. The van der Waals surface area contributed by atoms with Gasteiger partial charge in [-0.2, -0.15) is 0 Å². The monoisotopic (exact) mass is 255 g/mol. The molecule has 17 heavy (non-hydrogen) atoms. The predicted octanol–water partition coefficient (Wildman–Crippen LogP) is 2.59. The summed E-state index contributed by atoms with van der Waals surface area (Å²) in [7, 11) is 1.81. The fraction of sp³-hybridized carbons (Fsp3) is 0.692. The van der Waals surface area contributed by atoms with E-state index in [-0.39, 0.29) is 5.60 Å². The second kappa shape index (κ2) is 5.96. The fourth-order valence-electron chi connectivity index (χ4n) is 2.17. The van der Waals surface area contributed by atoms with Crippen LogP contribution < -0.4 is 5.32 Å². The van der Waals surface area contributed by atoms with Crippen LogP contribution in [0.15, 0.2) is 17.5 Å². The van der Waals surface area contributed by atoms with E-state index in [0.717, 1.165) is 32.6 Å². The molecule has 1 fully saturated rings. The van der Waals surface area contributed by atoms with Crippen molar-refractivity contribution in [3.05, 3.63) is 22.4 Å². The summed E-state index contributed by atoms with van der Waals surface area (Å²) >= 11 is 1.80. The molecule has 96 valence electrons. The molecule has 0 saturated carbocycles. The number of nitrogens with one attached hydrogen (secondary N) is 1. The van der Waals surface area contributed by atoms with Gasteiger partial charge in [-0.1, -0.05) is 6.07 Å². The van der Waals surface area contributed by atoms with Crippen molar-refractivity contribution in [2.24, 2.45) is 0 Å². The van der Waals surface area contributed by atoms with E-state index in [2.05, 4.69) is 29.8 Å². The summed E-state index contributed by atoms with van der Waals surface area (Å²) in [5, 5.41) is 5.70. The molecule has 4 heteroatoms. The van der Waals surface area contributed by atoms with Gasteiger partial charge < -0.3 is 14.8 Å². The number of rotatable bonds is 5. The van der Waals surface area contributed by atoms with Crippen LogP contribution in [-0.4, -0.2) is 32.5 Å². The summed E-state index contributed by atoms with van der Waals surface area (Å²) < 4.78 is 11.1. The van der Waals surface area contributed by atoms with Crippen LogP contribution in [0.3, 0.4) is 0 Å². The maximum atomic E-state index is 5.71. The molecule has 0 radical (unpaired) electrons. The van der Waals surface area contributed by atoms with E-state index in [1.807, 2.05) is 7.11 Å². The van der Waals surface area contributed by atoms with Gasteiger partial charge in [0.25, 0.3) is 0 Å². The lowest BCUT2D eigenvalue weighted by Crippen LogP contribution is -2.47. The lowest BCUT2D eigenvalue weighted by Gasteiger charge is -2.36. The molecule has 1 N–H and O–H groups in total. The van der Waals surface area contributed by atoms with E-state index in [1.165, 1.54) is 4.88 Å². The summed E-state index contributed by atoms with van der Waals surface area (Å²) in [4.78, 5) is 1.38. The standard InChI is InChI=1S/C13H21NO2S/c1-11(12-4-3-9-17-12)14-10-13(15-2)5-7-16-8-6-13/h3-4,9,11,14H,5-8,10H2,1-2H3/t11-/m0/s1. The Morgan fingerprint density at radius 3 is 2.88 bits per heavy atom. The Hall–Kier alpha value is -0.420. The molecule has 2 heterocycles. The number of hydrogen-bond donors (Lipinski definition) is 1. The number of ether oxygens (including phenoxy) is 2. The van der Waals surface area contributed by atoms with E-state index < -0.39 is 0 Å². The number of methoxy groups -OCH3 is 1. The van der Waals surface area contributed by atoms with Crippen LogP contribution >= 0.6 is 11.3 Å².